The number of nitrogens with zero attached hydrogens (tertiary/aromatic N) is 2. The maximum absolute atomic E-state index is 6.16. The van der Waals surface area contributed by atoms with Crippen LogP contribution in [0.3, 0.4) is 0 Å². The third-order valence-electron chi connectivity index (χ3n) is 5.16. The predicted molar refractivity (Wildman–Crippen MR) is 107 cm³/mol. The van der Waals surface area contributed by atoms with Gasteiger partial charge in [0.25, 0.3) is 0 Å². The number of benzene rings is 2. The Kier molecular flexibility index (Phi) is 4.79. The zero-order valence-corrected chi connectivity index (χ0v) is 16.3. The molecule has 0 fully saturated rings. The molecule has 1 aliphatic rings. The Morgan fingerprint density at radius 3 is 2.68 bits per heavy atom. The maximum Gasteiger partial charge on any atom is 0.137 e. The molecule has 0 aromatic heterocycles. The fraction of sp³-hybridized carbons (Fsp3) is 0.381. The molecule has 4 heteroatoms. The molecule has 0 saturated heterocycles. The molecular formula is C21H25ClN2O. The van der Waals surface area contributed by atoms with Gasteiger partial charge in [0.2, 0.25) is 0 Å². The molecule has 1 heterocycles. The van der Waals surface area contributed by atoms with E-state index in [0.717, 1.165) is 17.7 Å². The first-order valence-electron chi connectivity index (χ1n) is 8.57. The topological polar surface area (TPSA) is 24.8 Å². The van der Waals surface area contributed by atoms with Crippen molar-refractivity contribution in [1.82, 2.24) is 0 Å². The molecule has 2 aromatic rings. The first-order chi connectivity index (χ1) is 11.8. The minimum absolute atomic E-state index is 0.182. The van der Waals surface area contributed by atoms with Crippen molar-refractivity contribution in [3.63, 3.8) is 0 Å². The second-order valence-electron chi connectivity index (χ2n) is 7.37. The van der Waals surface area contributed by atoms with E-state index >= 15 is 0 Å². The Hall–Kier alpha value is -2.00. The van der Waals surface area contributed by atoms with E-state index in [-0.39, 0.29) is 5.54 Å². The Labute approximate surface area is 155 Å². The summed E-state index contributed by atoms with van der Waals surface area (Å²) in [6, 6.07) is 12.1. The van der Waals surface area contributed by atoms with Gasteiger partial charge in [0.15, 0.2) is 0 Å². The van der Waals surface area contributed by atoms with E-state index in [2.05, 4.69) is 55.9 Å². The number of fused-ring (bicyclic) bond motifs is 1. The second-order valence-corrected chi connectivity index (χ2v) is 7.78. The van der Waals surface area contributed by atoms with Gasteiger partial charge in [-0.05, 0) is 67.6 Å². The van der Waals surface area contributed by atoms with Crippen LogP contribution < -0.4 is 9.64 Å². The lowest BCUT2D eigenvalue weighted by molar-refractivity contribution is 0.395. The van der Waals surface area contributed by atoms with Gasteiger partial charge in [0.05, 0.1) is 17.8 Å². The lowest BCUT2D eigenvalue weighted by atomic mass is 9.80. The zero-order chi connectivity index (χ0) is 18.2. The van der Waals surface area contributed by atoms with E-state index in [1.807, 2.05) is 24.4 Å². The fourth-order valence-corrected chi connectivity index (χ4v) is 3.81. The number of hydrogen-bond acceptors (Lipinski definition) is 3. The van der Waals surface area contributed by atoms with E-state index in [1.54, 1.807) is 7.11 Å². The molecule has 0 unspecified atom stereocenters. The number of ether oxygens (including phenoxy) is 1. The highest BCUT2D eigenvalue weighted by Crippen LogP contribution is 2.42. The number of hydrogen-bond donors (Lipinski definition) is 0. The highest BCUT2D eigenvalue weighted by molar-refractivity contribution is 6.32. The van der Waals surface area contributed by atoms with Crippen LogP contribution in [0.4, 0.5) is 11.4 Å². The molecule has 0 saturated carbocycles. The first-order valence-corrected chi connectivity index (χ1v) is 8.95. The molecule has 3 rings (SSSR count). The summed E-state index contributed by atoms with van der Waals surface area (Å²) in [5.74, 6) is 1.19. The molecule has 1 atom stereocenters. The minimum atomic E-state index is 0.182. The third kappa shape index (κ3) is 3.52. The summed E-state index contributed by atoms with van der Waals surface area (Å²) in [4.78, 5) is 6.94. The van der Waals surface area contributed by atoms with Gasteiger partial charge in [-0.2, -0.15) is 0 Å². The van der Waals surface area contributed by atoms with Crippen molar-refractivity contribution < 1.29 is 4.74 Å². The smallest absolute Gasteiger partial charge is 0.137 e. The van der Waals surface area contributed by atoms with E-state index in [9.17, 15) is 0 Å². The highest BCUT2D eigenvalue weighted by atomic mass is 35.5. The van der Waals surface area contributed by atoms with Crippen LogP contribution in [0.5, 0.6) is 5.75 Å². The van der Waals surface area contributed by atoms with Gasteiger partial charge in [-0.3, -0.25) is 4.99 Å². The number of halogens is 1. The zero-order valence-electron chi connectivity index (χ0n) is 15.5. The molecule has 0 amide bonds. The van der Waals surface area contributed by atoms with Gasteiger partial charge in [-0.1, -0.05) is 24.6 Å². The van der Waals surface area contributed by atoms with E-state index in [1.165, 1.54) is 11.3 Å². The number of rotatable bonds is 3. The first kappa shape index (κ1) is 17.8. The van der Waals surface area contributed by atoms with E-state index in [4.69, 9.17) is 16.3 Å². The van der Waals surface area contributed by atoms with Crippen LogP contribution in [0.15, 0.2) is 41.4 Å². The lowest BCUT2D eigenvalue weighted by Crippen LogP contribution is -2.45. The quantitative estimate of drug-likeness (QED) is 0.647. The van der Waals surface area contributed by atoms with Crippen LogP contribution in [0, 0.1) is 0 Å². The summed E-state index contributed by atoms with van der Waals surface area (Å²) in [5, 5.41) is 0.570. The SMILES string of the molecule is COc1ccc(N=Cc2ccc3c(c2)[C@@H](C)CC(C)(C)N3C)cc1Cl. The molecule has 0 spiro atoms. The van der Waals surface area contributed by atoms with Crippen molar-refractivity contribution >= 4 is 29.2 Å². The molecule has 0 aliphatic carbocycles. The summed E-state index contributed by atoms with van der Waals surface area (Å²) in [6.07, 6.45) is 3.04. The molecule has 2 aromatic carbocycles. The average Bonchev–Trinajstić information content (AvgIpc) is 2.58. The normalized spacial score (nSPS) is 19.1. The van der Waals surface area contributed by atoms with Gasteiger partial charge in [-0.15, -0.1) is 0 Å². The molecule has 0 bridgehead atoms. The van der Waals surface area contributed by atoms with Crippen LogP contribution in [0.25, 0.3) is 0 Å². The van der Waals surface area contributed by atoms with E-state index < -0.39 is 0 Å². The Balaban J connectivity index is 1.88. The van der Waals surface area contributed by atoms with Crippen molar-refractivity contribution in [3.05, 3.63) is 52.5 Å². The Morgan fingerprint density at radius 1 is 1.24 bits per heavy atom. The molecule has 132 valence electrons. The number of anilines is 1. The standard InChI is InChI=1S/C21H25ClN2O/c1-14-12-21(2,3)24(4)19-8-6-15(10-17(14)19)13-23-16-7-9-20(25-5)18(22)11-16/h6-11,13-14H,12H2,1-5H3/t14-/m0/s1. The molecule has 0 radical (unpaired) electrons. The van der Waals surface area contributed by atoms with Crippen molar-refractivity contribution in [2.75, 3.05) is 19.1 Å². The number of methoxy groups -OCH3 is 1. The van der Waals surface area contributed by atoms with Gasteiger partial charge in [-0.25, -0.2) is 0 Å². The highest BCUT2D eigenvalue weighted by Gasteiger charge is 2.33. The monoisotopic (exact) mass is 356 g/mol. The molecular weight excluding hydrogens is 332 g/mol. The van der Waals surface area contributed by atoms with Crippen LogP contribution in [0.2, 0.25) is 5.02 Å². The van der Waals surface area contributed by atoms with Gasteiger partial charge in [0.1, 0.15) is 5.75 Å². The van der Waals surface area contributed by atoms with E-state index in [0.29, 0.717) is 16.7 Å². The fourth-order valence-electron chi connectivity index (χ4n) is 3.56. The predicted octanol–water partition coefficient (Wildman–Crippen LogP) is 5.82. The average molecular weight is 357 g/mol. The van der Waals surface area contributed by atoms with Gasteiger partial charge >= 0.3 is 0 Å². The van der Waals surface area contributed by atoms with Crippen molar-refractivity contribution in [2.45, 2.75) is 38.6 Å². The largest absolute Gasteiger partial charge is 0.495 e. The molecule has 1 aliphatic heterocycles. The Bertz CT molecular complexity index is 814. The van der Waals surface area contributed by atoms with Gasteiger partial charge < -0.3 is 9.64 Å². The van der Waals surface area contributed by atoms with Crippen LogP contribution >= 0.6 is 11.6 Å². The summed E-state index contributed by atoms with van der Waals surface area (Å²) in [6.45, 7) is 6.90. The van der Waals surface area contributed by atoms with Crippen LogP contribution in [-0.4, -0.2) is 25.9 Å². The van der Waals surface area contributed by atoms with Crippen molar-refractivity contribution in [3.8, 4) is 5.75 Å². The summed E-state index contributed by atoms with van der Waals surface area (Å²) >= 11 is 6.16. The second kappa shape index (κ2) is 6.72. The molecule has 3 nitrogen and oxygen atoms in total. The van der Waals surface area contributed by atoms with Crippen molar-refractivity contribution in [1.29, 1.82) is 0 Å². The van der Waals surface area contributed by atoms with Crippen LogP contribution in [-0.2, 0) is 0 Å². The third-order valence-corrected chi connectivity index (χ3v) is 5.45. The molecule has 25 heavy (non-hydrogen) atoms. The lowest BCUT2D eigenvalue weighted by Gasteiger charge is -2.45. The summed E-state index contributed by atoms with van der Waals surface area (Å²) in [7, 11) is 3.79. The maximum atomic E-state index is 6.16. The van der Waals surface area contributed by atoms with Crippen molar-refractivity contribution in [2.24, 2.45) is 4.99 Å². The van der Waals surface area contributed by atoms with Crippen LogP contribution in [0.1, 0.15) is 44.2 Å². The minimum Gasteiger partial charge on any atom is -0.495 e. The molecule has 0 N–H and O–H groups in total. The number of aliphatic imine (C=N–C) groups is 1. The summed E-state index contributed by atoms with van der Waals surface area (Å²) in [5.41, 5.74) is 4.80. The Morgan fingerprint density at radius 2 is 2.00 bits per heavy atom. The summed E-state index contributed by atoms with van der Waals surface area (Å²) < 4.78 is 5.18. The van der Waals surface area contributed by atoms with Gasteiger partial charge in [0, 0.05) is 24.5 Å².